The molecule has 21 heavy (non-hydrogen) atoms. The molecule has 1 aromatic carbocycles. The number of methoxy groups -OCH3 is 2. The second-order valence-corrected chi connectivity index (χ2v) is 4.94. The van der Waals surface area contributed by atoms with Crippen LogP contribution in [0.4, 0.5) is 0 Å². The predicted molar refractivity (Wildman–Crippen MR) is 81.3 cm³/mol. The second-order valence-electron chi connectivity index (χ2n) is 4.94. The van der Waals surface area contributed by atoms with E-state index in [1.165, 1.54) is 0 Å². The van der Waals surface area contributed by atoms with E-state index in [-0.39, 0.29) is 6.04 Å². The first-order valence-electron chi connectivity index (χ1n) is 6.76. The number of nitrogens with zero attached hydrogens (tertiary/aromatic N) is 2. The minimum Gasteiger partial charge on any atom is -0.493 e. The van der Waals surface area contributed by atoms with Crippen LogP contribution in [0.15, 0.2) is 24.3 Å². The van der Waals surface area contributed by atoms with Gasteiger partial charge in [0.1, 0.15) is 0 Å². The van der Waals surface area contributed by atoms with Crippen LogP contribution in [-0.4, -0.2) is 24.0 Å². The molecule has 0 amide bonds. The Morgan fingerprint density at radius 2 is 1.95 bits per heavy atom. The summed E-state index contributed by atoms with van der Waals surface area (Å²) in [4.78, 5) is 0. The number of hydrogen-bond acceptors (Lipinski definition) is 5. The van der Waals surface area contributed by atoms with Gasteiger partial charge in [0.25, 0.3) is 0 Å². The maximum Gasteiger partial charge on any atom is 0.161 e. The number of ether oxygens (including phenoxy) is 2. The van der Waals surface area contributed by atoms with Crippen LogP contribution >= 0.6 is 0 Å². The van der Waals surface area contributed by atoms with Crippen LogP contribution in [0.5, 0.6) is 11.5 Å². The number of nitrogens with two attached hydrogens (primary N) is 1. The maximum absolute atomic E-state index is 5.72. The predicted octanol–water partition coefficient (Wildman–Crippen LogP) is 1.49. The molecule has 0 aliphatic carbocycles. The maximum atomic E-state index is 5.72. The smallest absolute Gasteiger partial charge is 0.161 e. The highest BCUT2D eigenvalue weighted by atomic mass is 16.5. The molecule has 0 saturated heterocycles. The summed E-state index contributed by atoms with van der Waals surface area (Å²) >= 11 is 0. The van der Waals surface area contributed by atoms with Gasteiger partial charge in [-0.15, -0.1) is 0 Å². The standard InChI is InChI=1S/C15H22N4O2/c1-10-7-12(19(2)18-10)9-13(17-16)11-5-6-14(20-3)15(8-11)21-4/h5-8,13,17H,9,16H2,1-4H3. The van der Waals surface area contributed by atoms with Crippen molar-refractivity contribution in [3.8, 4) is 11.5 Å². The first-order chi connectivity index (χ1) is 10.1. The van der Waals surface area contributed by atoms with Gasteiger partial charge in [0.2, 0.25) is 0 Å². The number of aryl methyl sites for hydroxylation is 2. The van der Waals surface area contributed by atoms with Crippen molar-refractivity contribution < 1.29 is 9.47 Å². The third kappa shape index (κ3) is 3.34. The largest absolute Gasteiger partial charge is 0.493 e. The summed E-state index contributed by atoms with van der Waals surface area (Å²) in [6.07, 6.45) is 0.739. The first kappa shape index (κ1) is 15.3. The zero-order valence-electron chi connectivity index (χ0n) is 12.9. The molecule has 0 radical (unpaired) electrons. The van der Waals surface area contributed by atoms with Crippen LogP contribution in [0.25, 0.3) is 0 Å². The molecule has 2 aromatic rings. The summed E-state index contributed by atoms with van der Waals surface area (Å²) in [5.41, 5.74) is 6.00. The van der Waals surface area contributed by atoms with E-state index in [9.17, 15) is 0 Å². The summed E-state index contributed by atoms with van der Waals surface area (Å²) in [5, 5.41) is 4.36. The molecule has 0 aliphatic heterocycles. The molecule has 6 heteroatoms. The summed E-state index contributed by atoms with van der Waals surface area (Å²) in [5.74, 6) is 7.11. The van der Waals surface area contributed by atoms with Crippen molar-refractivity contribution in [1.29, 1.82) is 0 Å². The Kier molecular flexibility index (Phi) is 4.82. The second kappa shape index (κ2) is 6.60. The lowest BCUT2D eigenvalue weighted by atomic mass is 10.0. The van der Waals surface area contributed by atoms with Crippen LogP contribution in [-0.2, 0) is 13.5 Å². The highest BCUT2D eigenvalue weighted by Gasteiger charge is 2.16. The third-order valence-corrected chi connectivity index (χ3v) is 3.52. The minimum atomic E-state index is -0.0281. The van der Waals surface area contributed by atoms with Gasteiger partial charge in [-0.25, -0.2) is 0 Å². The van der Waals surface area contributed by atoms with Crippen molar-refractivity contribution in [2.75, 3.05) is 14.2 Å². The van der Waals surface area contributed by atoms with Crippen LogP contribution in [0.3, 0.4) is 0 Å². The monoisotopic (exact) mass is 290 g/mol. The van der Waals surface area contributed by atoms with Crippen LogP contribution in [0, 0.1) is 6.92 Å². The highest BCUT2D eigenvalue weighted by molar-refractivity contribution is 5.44. The average Bonchev–Trinajstić information content (AvgIpc) is 2.81. The van der Waals surface area contributed by atoms with E-state index >= 15 is 0 Å². The molecule has 1 unspecified atom stereocenters. The van der Waals surface area contributed by atoms with E-state index in [4.69, 9.17) is 15.3 Å². The number of rotatable bonds is 6. The number of hydrogen-bond donors (Lipinski definition) is 2. The molecule has 2 rings (SSSR count). The molecule has 3 N–H and O–H groups in total. The lowest BCUT2D eigenvalue weighted by Crippen LogP contribution is -2.30. The molecule has 0 spiro atoms. The normalized spacial score (nSPS) is 12.2. The Bertz CT molecular complexity index is 610. The zero-order chi connectivity index (χ0) is 15.4. The molecule has 0 bridgehead atoms. The lowest BCUT2D eigenvalue weighted by molar-refractivity contribution is 0.353. The topological polar surface area (TPSA) is 74.3 Å². The van der Waals surface area contributed by atoms with Crippen molar-refractivity contribution in [2.45, 2.75) is 19.4 Å². The zero-order valence-corrected chi connectivity index (χ0v) is 12.9. The van der Waals surface area contributed by atoms with Crippen LogP contribution < -0.4 is 20.7 Å². The van der Waals surface area contributed by atoms with E-state index < -0.39 is 0 Å². The fourth-order valence-electron chi connectivity index (χ4n) is 2.41. The van der Waals surface area contributed by atoms with Crippen molar-refractivity contribution in [2.24, 2.45) is 12.9 Å². The van der Waals surface area contributed by atoms with Crippen molar-refractivity contribution in [3.63, 3.8) is 0 Å². The first-order valence-corrected chi connectivity index (χ1v) is 6.76. The highest BCUT2D eigenvalue weighted by Crippen LogP contribution is 2.30. The van der Waals surface area contributed by atoms with E-state index in [0.29, 0.717) is 11.5 Å². The quantitative estimate of drug-likeness (QED) is 0.623. The number of aromatic nitrogens is 2. The molecular weight excluding hydrogens is 268 g/mol. The number of hydrazine groups is 1. The molecule has 6 nitrogen and oxygen atoms in total. The van der Waals surface area contributed by atoms with Gasteiger partial charge in [-0.2, -0.15) is 5.10 Å². The Balaban J connectivity index is 2.27. The Hall–Kier alpha value is -2.05. The van der Waals surface area contributed by atoms with E-state index in [2.05, 4.69) is 16.6 Å². The Morgan fingerprint density at radius 3 is 2.48 bits per heavy atom. The molecule has 0 aliphatic rings. The summed E-state index contributed by atoms with van der Waals surface area (Å²) in [7, 11) is 5.18. The molecule has 0 fully saturated rings. The average molecular weight is 290 g/mol. The number of nitrogens with one attached hydrogen (secondary N) is 1. The molecular formula is C15H22N4O2. The van der Waals surface area contributed by atoms with Gasteiger partial charge >= 0.3 is 0 Å². The Morgan fingerprint density at radius 1 is 1.24 bits per heavy atom. The van der Waals surface area contributed by atoms with Crippen molar-refractivity contribution in [3.05, 3.63) is 41.2 Å². The number of benzene rings is 1. The van der Waals surface area contributed by atoms with Gasteiger partial charge in [0.05, 0.1) is 26.0 Å². The van der Waals surface area contributed by atoms with Gasteiger partial charge in [-0.3, -0.25) is 16.0 Å². The van der Waals surface area contributed by atoms with Crippen LogP contribution in [0.2, 0.25) is 0 Å². The third-order valence-electron chi connectivity index (χ3n) is 3.52. The molecule has 114 valence electrons. The van der Waals surface area contributed by atoms with Gasteiger partial charge in [0.15, 0.2) is 11.5 Å². The summed E-state index contributed by atoms with van der Waals surface area (Å²) in [6, 6.07) is 7.83. The summed E-state index contributed by atoms with van der Waals surface area (Å²) < 4.78 is 12.5. The van der Waals surface area contributed by atoms with Gasteiger partial charge in [-0.05, 0) is 30.7 Å². The van der Waals surface area contributed by atoms with Crippen molar-refractivity contribution >= 4 is 0 Å². The fraction of sp³-hybridized carbons (Fsp3) is 0.400. The molecule has 0 saturated carbocycles. The van der Waals surface area contributed by atoms with Gasteiger partial charge < -0.3 is 9.47 Å². The van der Waals surface area contributed by atoms with Crippen molar-refractivity contribution in [1.82, 2.24) is 15.2 Å². The van der Waals surface area contributed by atoms with E-state index in [1.807, 2.05) is 36.9 Å². The van der Waals surface area contributed by atoms with E-state index in [0.717, 1.165) is 23.4 Å². The molecule has 1 atom stereocenters. The summed E-state index contributed by atoms with van der Waals surface area (Å²) in [6.45, 7) is 1.98. The molecule has 1 aromatic heterocycles. The minimum absolute atomic E-state index is 0.0281. The fourth-order valence-corrected chi connectivity index (χ4v) is 2.41. The molecule has 1 heterocycles. The SMILES string of the molecule is COc1ccc(C(Cc2cc(C)nn2C)NN)cc1OC. The van der Waals surface area contributed by atoms with Gasteiger partial charge in [0, 0.05) is 19.2 Å². The van der Waals surface area contributed by atoms with Gasteiger partial charge in [-0.1, -0.05) is 6.07 Å². The van der Waals surface area contributed by atoms with E-state index in [1.54, 1.807) is 14.2 Å². The Labute approximate surface area is 124 Å². The van der Waals surface area contributed by atoms with Crippen LogP contribution in [0.1, 0.15) is 23.0 Å². The lowest BCUT2D eigenvalue weighted by Gasteiger charge is -2.18.